The van der Waals surface area contributed by atoms with Crippen molar-refractivity contribution in [2.75, 3.05) is 20.1 Å². The summed E-state index contributed by atoms with van der Waals surface area (Å²) in [5.74, 6) is 1.68. The Labute approximate surface area is 81.5 Å². The van der Waals surface area contributed by atoms with Gasteiger partial charge in [0.1, 0.15) is 0 Å². The van der Waals surface area contributed by atoms with E-state index in [1.54, 1.807) is 0 Å². The van der Waals surface area contributed by atoms with E-state index in [1.807, 2.05) is 0 Å². The van der Waals surface area contributed by atoms with E-state index in [0.717, 1.165) is 11.8 Å². The highest BCUT2D eigenvalue weighted by atomic mass is 15.1. The molecule has 2 nitrogen and oxygen atoms in total. The first-order valence-electron chi connectivity index (χ1n) is 5.57. The lowest BCUT2D eigenvalue weighted by Gasteiger charge is -2.51. The molecule has 0 unspecified atom stereocenters. The molecule has 0 aromatic carbocycles. The van der Waals surface area contributed by atoms with Gasteiger partial charge < -0.3 is 10.6 Å². The van der Waals surface area contributed by atoms with Crippen LogP contribution in [0.2, 0.25) is 0 Å². The van der Waals surface area contributed by atoms with Crippen molar-refractivity contribution in [3.63, 3.8) is 0 Å². The van der Waals surface area contributed by atoms with E-state index in [2.05, 4.69) is 18.9 Å². The maximum absolute atomic E-state index is 6.39. The zero-order chi connectivity index (χ0) is 9.47. The van der Waals surface area contributed by atoms with Gasteiger partial charge in [0, 0.05) is 5.54 Å². The minimum Gasteiger partial charge on any atom is -0.325 e. The second kappa shape index (κ2) is 3.25. The predicted molar refractivity (Wildman–Crippen MR) is 55.5 cm³/mol. The van der Waals surface area contributed by atoms with Crippen LogP contribution in [0.25, 0.3) is 0 Å². The highest BCUT2D eigenvalue weighted by Crippen LogP contribution is 2.44. The van der Waals surface area contributed by atoms with Crippen molar-refractivity contribution in [3.8, 4) is 0 Å². The summed E-state index contributed by atoms with van der Waals surface area (Å²) in [4.78, 5) is 2.42. The van der Waals surface area contributed by atoms with E-state index in [1.165, 1.54) is 38.8 Å². The summed E-state index contributed by atoms with van der Waals surface area (Å²) in [6.45, 7) is 4.82. The third-order valence-electron chi connectivity index (χ3n) is 3.99. The second-order valence-corrected chi connectivity index (χ2v) is 5.32. The number of likely N-dealkylation sites (tertiary alicyclic amines) is 1. The standard InChI is InChI=1S/C11H22N2/c1-9-7-11(12,8-9)10-3-5-13(2)6-4-10/h9-10H,3-8,12H2,1-2H3. The molecule has 76 valence electrons. The molecule has 2 fully saturated rings. The van der Waals surface area contributed by atoms with Crippen LogP contribution in [0, 0.1) is 11.8 Å². The largest absolute Gasteiger partial charge is 0.325 e. The molecule has 2 aliphatic rings. The lowest BCUT2D eigenvalue weighted by molar-refractivity contribution is 0.0520. The van der Waals surface area contributed by atoms with Crippen LogP contribution in [0.15, 0.2) is 0 Å². The van der Waals surface area contributed by atoms with E-state index in [9.17, 15) is 0 Å². The average molecular weight is 182 g/mol. The minimum absolute atomic E-state index is 0.223. The molecule has 0 radical (unpaired) electrons. The molecule has 0 atom stereocenters. The van der Waals surface area contributed by atoms with Gasteiger partial charge in [-0.25, -0.2) is 0 Å². The van der Waals surface area contributed by atoms with Crippen molar-refractivity contribution in [2.45, 2.75) is 38.1 Å². The Kier molecular flexibility index (Phi) is 2.37. The summed E-state index contributed by atoms with van der Waals surface area (Å²) in [6, 6.07) is 0. The Morgan fingerprint density at radius 3 is 2.23 bits per heavy atom. The summed E-state index contributed by atoms with van der Waals surface area (Å²) in [5, 5.41) is 0. The number of piperidine rings is 1. The molecular weight excluding hydrogens is 160 g/mol. The number of nitrogens with zero attached hydrogens (tertiary/aromatic N) is 1. The van der Waals surface area contributed by atoms with Crippen LogP contribution in [0.1, 0.15) is 32.6 Å². The molecule has 13 heavy (non-hydrogen) atoms. The van der Waals surface area contributed by atoms with Gasteiger partial charge in [0.25, 0.3) is 0 Å². The Morgan fingerprint density at radius 1 is 1.23 bits per heavy atom. The first-order valence-corrected chi connectivity index (χ1v) is 5.57. The highest BCUT2D eigenvalue weighted by Gasteiger charge is 2.44. The van der Waals surface area contributed by atoms with Crippen molar-refractivity contribution in [3.05, 3.63) is 0 Å². The maximum atomic E-state index is 6.39. The summed E-state index contributed by atoms with van der Waals surface area (Å²) in [6.07, 6.45) is 5.17. The highest BCUT2D eigenvalue weighted by molar-refractivity contribution is 5.02. The van der Waals surface area contributed by atoms with Crippen LogP contribution >= 0.6 is 0 Å². The fourth-order valence-corrected chi connectivity index (χ4v) is 3.15. The molecule has 0 aromatic heterocycles. The Balaban J connectivity index is 1.88. The lowest BCUT2D eigenvalue weighted by Crippen LogP contribution is -2.58. The third-order valence-corrected chi connectivity index (χ3v) is 3.99. The van der Waals surface area contributed by atoms with Gasteiger partial charge in [-0.2, -0.15) is 0 Å². The monoisotopic (exact) mass is 182 g/mol. The molecule has 0 bridgehead atoms. The van der Waals surface area contributed by atoms with Gasteiger partial charge in [-0.3, -0.25) is 0 Å². The molecule has 0 aromatic rings. The third kappa shape index (κ3) is 1.75. The van der Waals surface area contributed by atoms with Crippen LogP contribution in [-0.4, -0.2) is 30.6 Å². The van der Waals surface area contributed by atoms with Crippen molar-refractivity contribution in [1.29, 1.82) is 0 Å². The van der Waals surface area contributed by atoms with Crippen molar-refractivity contribution in [1.82, 2.24) is 4.90 Å². The predicted octanol–water partition coefficient (Wildman–Crippen LogP) is 1.46. The molecule has 1 heterocycles. The molecular formula is C11H22N2. The number of rotatable bonds is 1. The van der Waals surface area contributed by atoms with E-state index in [4.69, 9.17) is 5.73 Å². The first-order chi connectivity index (χ1) is 6.10. The molecule has 1 aliphatic carbocycles. The molecule has 1 aliphatic heterocycles. The number of nitrogens with two attached hydrogens (primary N) is 1. The van der Waals surface area contributed by atoms with Gasteiger partial charge in [0.15, 0.2) is 0 Å². The van der Waals surface area contributed by atoms with E-state index >= 15 is 0 Å². The second-order valence-electron chi connectivity index (χ2n) is 5.32. The van der Waals surface area contributed by atoms with Crippen molar-refractivity contribution >= 4 is 0 Å². The van der Waals surface area contributed by atoms with Crippen LogP contribution in [0.4, 0.5) is 0 Å². The Bertz CT molecular complexity index is 177. The summed E-state index contributed by atoms with van der Waals surface area (Å²) < 4.78 is 0. The molecule has 2 heteroatoms. The van der Waals surface area contributed by atoms with Gasteiger partial charge in [0.2, 0.25) is 0 Å². The molecule has 0 amide bonds. The lowest BCUT2D eigenvalue weighted by atomic mass is 9.61. The first kappa shape index (κ1) is 9.47. The SMILES string of the molecule is CC1CC(N)(C2CCN(C)CC2)C1. The number of hydrogen-bond acceptors (Lipinski definition) is 2. The zero-order valence-electron chi connectivity index (χ0n) is 8.92. The van der Waals surface area contributed by atoms with Gasteiger partial charge in [-0.15, -0.1) is 0 Å². The zero-order valence-corrected chi connectivity index (χ0v) is 8.92. The van der Waals surface area contributed by atoms with Gasteiger partial charge in [0.05, 0.1) is 0 Å². The van der Waals surface area contributed by atoms with Crippen molar-refractivity contribution < 1.29 is 0 Å². The average Bonchev–Trinajstić information content (AvgIpc) is 2.03. The number of hydrogen-bond donors (Lipinski definition) is 1. The van der Waals surface area contributed by atoms with Crippen LogP contribution in [0.5, 0.6) is 0 Å². The smallest absolute Gasteiger partial charge is 0.0188 e. The Hall–Kier alpha value is -0.0800. The van der Waals surface area contributed by atoms with Gasteiger partial charge in [-0.1, -0.05) is 6.92 Å². The van der Waals surface area contributed by atoms with Gasteiger partial charge >= 0.3 is 0 Å². The fourth-order valence-electron chi connectivity index (χ4n) is 3.15. The van der Waals surface area contributed by atoms with E-state index in [-0.39, 0.29) is 5.54 Å². The molecule has 1 saturated carbocycles. The normalized spacial score (nSPS) is 43.2. The van der Waals surface area contributed by atoms with E-state index < -0.39 is 0 Å². The Morgan fingerprint density at radius 2 is 1.77 bits per heavy atom. The topological polar surface area (TPSA) is 29.3 Å². The quantitative estimate of drug-likeness (QED) is 0.665. The minimum atomic E-state index is 0.223. The summed E-state index contributed by atoms with van der Waals surface area (Å²) >= 11 is 0. The summed E-state index contributed by atoms with van der Waals surface area (Å²) in [5.41, 5.74) is 6.62. The maximum Gasteiger partial charge on any atom is 0.0188 e. The fraction of sp³-hybridized carbons (Fsp3) is 1.00. The van der Waals surface area contributed by atoms with Crippen molar-refractivity contribution in [2.24, 2.45) is 17.6 Å². The molecule has 1 saturated heterocycles. The molecule has 2 N–H and O–H groups in total. The van der Waals surface area contributed by atoms with Gasteiger partial charge in [-0.05, 0) is 57.7 Å². The van der Waals surface area contributed by atoms with Crippen LogP contribution < -0.4 is 5.73 Å². The molecule has 2 rings (SSSR count). The molecule has 0 spiro atoms. The van der Waals surface area contributed by atoms with E-state index in [0.29, 0.717) is 0 Å². The van der Waals surface area contributed by atoms with Crippen LogP contribution in [-0.2, 0) is 0 Å². The van der Waals surface area contributed by atoms with Crippen LogP contribution in [0.3, 0.4) is 0 Å². The summed E-state index contributed by atoms with van der Waals surface area (Å²) in [7, 11) is 2.21.